The second-order valence-corrected chi connectivity index (χ2v) is 5.83. The zero-order chi connectivity index (χ0) is 14.3. The average Bonchev–Trinajstić information content (AvgIpc) is 3.19. The summed E-state index contributed by atoms with van der Waals surface area (Å²) >= 11 is 18.6. The second-order valence-electron chi connectivity index (χ2n) is 4.75. The van der Waals surface area contributed by atoms with E-state index in [0.717, 1.165) is 24.2 Å². The molecule has 2 aromatic rings. The molecule has 1 aliphatic rings. The molecule has 3 rings (SSSR count). The molecule has 0 N–H and O–H groups in total. The lowest BCUT2D eigenvalue weighted by molar-refractivity contribution is 0.385. The monoisotopic (exact) mass is 331 g/mol. The maximum absolute atomic E-state index is 6.29. The smallest absolute Gasteiger partial charge is 0.144 e. The van der Waals surface area contributed by atoms with E-state index in [1.54, 1.807) is 19.2 Å². The number of methoxy groups -OCH3 is 1. The summed E-state index contributed by atoms with van der Waals surface area (Å²) in [4.78, 5) is 0. The summed E-state index contributed by atoms with van der Waals surface area (Å²) in [7, 11) is 1.56. The number of ether oxygens (including phenoxy) is 1. The quantitative estimate of drug-likeness (QED) is 0.715. The van der Waals surface area contributed by atoms with Crippen LogP contribution in [0.4, 0.5) is 0 Å². The fourth-order valence-corrected chi connectivity index (χ4v) is 3.11. The van der Waals surface area contributed by atoms with Crippen LogP contribution in [-0.4, -0.2) is 12.3 Å². The van der Waals surface area contributed by atoms with Gasteiger partial charge >= 0.3 is 0 Å². The lowest BCUT2D eigenvalue weighted by Gasteiger charge is -2.08. The van der Waals surface area contributed by atoms with Gasteiger partial charge in [-0.3, -0.25) is 0 Å². The molecule has 1 saturated carbocycles. The molecule has 3 nitrogen and oxygen atoms in total. The largest absolute Gasteiger partial charge is 0.497 e. The van der Waals surface area contributed by atoms with Gasteiger partial charge in [-0.15, -0.1) is 11.6 Å². The van der Waals surface area contributed by atoms with Crippen LogP contribution in [0.25, 0.3) is 11.3 Å². The molecule has 1 fully saturated rings. The van der Waals surface area contributed by atoms with E-state index >= 15 is 0 Å². The Balaban J connectivity index is 2.13. The molecule has 106 valence electrons. The molecule has 0 saturated heterocycles. The van der Waals surface area contributed by atoms with Gasteiger partial charge in [0.05, 0.1) is 23.0 Å². The van der Waals surface area contributed by atoms with Crippen LogP contribution in [0.2, 0.25) is 10.0 Å². The van der Waals surface area contributed by atoms with Crippen molar-refractivity contribution in [2.45, 2.75) is 24.6 Å². The van der Waals surface area contributed by atoms with E-state index in [1.165, 1.54) is 0 Å². The van der Waals surface area contributed by atoms with Crippen LogP contribution < -0.4 is 4.74 Å². The normalized spacial score (nSPS) is 14.6. The number of rotatable bonds is 4. The Morgan fingerprint density at radius 1 is 1.30 bits per heavy atom. The molecule has 1 aliphatic carbocycles. The molecule has 0 atom stereocenters. The summed E-state index contributed by atoms with van der Waals surface area (Å²) in [6.07, 6.45) is 2.23. The van der Waals surface area contributed by atoms with Gasteiger partial charge in [-0.25, -0.2) is 0 Å². The third kappa shape index (κ3) is 2.39. The Morgan fingerprint density at radius 3 is 2.45 bits per heavy atom. The van der Waals surface area contributed by atoms with Gasteiger partial charge in [-0.1, -0.05) is 28.4 Å². The first kappa shape index (κ1) is 14.1. The highest BCUT2D eigenvalue weighted by atomic mass is 35.5. The molecule has 0 amide bonds. The number of hydrogen-bond donors (Lipinski definition) is 0. The maximum atomic E-state index is 6.29. The lowest BCUT2D eigenvalue weighted by Crippen LogP contribution is -1.91. The van der Waals surface area contributed by atoms with Crippen molar-refractivity contribution in [1.82, 2.24) is 5.16 Å². The first-order chi connectivity index (χ1) is 9.65. The predicted octanol–water partition coefficient (Wildman–Crippen LogP) is 5.27. The van der Waals surface area contributed by atoms with Gasteiger partial charge in [-0.2, -0.15) is 0 Å². The Labute approximate surface area is 131 Å². The molecule has 1 aromatic carbocycles. The van der Waals surface area contributed by atoms with Crippen molar-refractivity contribution in [3.8, 4) is 17.0 Å². The summed E-state index contributed by atoms with van der Waals surface area (Å²) in [6.45, 7) is 0. The van der Waals surface area contributed by atoms with E-state index < -0.39 is 0 Å². The highest BCUT2D eigenvalue weighted by Crippen LogP contribution is 2.46. The van der Waals surface area contributed by atoms with Gasteiger partial charge in [0, 0.05) is 17.0 Å². The molecular formula is C14H12Cl3NO2. The third-order valence-corrected chi connectivity index (χ3v) is 4.25. The van der Waals surface area contributed by atoms with Gasteiger partial charge < -0.3 is 9.26 Å². The van der Waals surface area contributed by atoms with Crippen LogP contribution in [0, 0.1) is 0 Å². The molecule has 0 unspecified atom stereocenters. The van der Waals surface area contributed by atoms with Gasteiger partial charge in [-0.05, 0) is 25.0 Å². The SMILES string of the molecule is COc1cc(Cl)c(-c2noc(C3CC3)c2CCl)c(Cl)c1. The van der Waals surface area contributed by atoms with Gasteiger partial charge in [0.15, 0.2) is 0 Å². The number of aromatic nitrogens is 1. The van der Waals surface area contributed by atoms with Gasteiger partial charge in [0.1, 0.15) is 17.2 Å². The van der Waals surface area contributed by atoms with Crippen molar-refractivity contribution in [2.75, 3.05) is 7.11 Å². The van der Waals surface area contributed by atoms with E-state index in [2.05, 4.69) is 5.16 Å². The maximum Gasteiger partial charge on any atom is 0.144 e. The highest BCUT2D eigenvalue weighted by Gasteiger charge is 2.33. The topological polar surface area (TPSA) is 35.3 Å². The molecule has 0 spiro atoms. The van der Waals surface area contributed by atoms with E-state index in [1.807, 2.05) is 0 Å². The molecule has 0 aliphatic heterocycles. The number of alkyl halides is 1. The van der Waals surface area contributed by atoms with Crippen molar-refractivity contribution in [1.29, 1.82) is 0 Å². The van der Waals surface area contributed by atoms with E-state index in [0.29, 0.717) is 38.9 Å². The van der Waals surface area contributed by atoms with Crippen molar-refractivity contribution in [3.05, 3.63) is 33.5 Å². The Bertz CT molecular complexity index is 627. The number of nitrogens with zero attached hydrogens (tertiary/aromatic N) is 1. The molecular weight excluding hydrogens is 321 g/mol. The minimum Gasteiger partial charge on any atom is -0.497 e. The minimum absolute atomic E-state index is 0.323. The van der Waals surface area contributed by atoms with Crippen LogP contribution >= 0.6 is 34.8 Å². The Hall–Kier alpha value is -0.900. The summed E-state index contributed by atoms with van der Waals surface area (Å²) in [5.41, 5.74) is 2.14. The van der Waals surface area contributed by atoms with Crippen LogP contribution in [0.5, 0.6) is 5.75 Å². The van der Waals surface area contributed by atoms with E-state index in [9.17, 15) is 0 Å². The first-order valence-electron chi connectivity index (χ1n) is 6.23. The summed E-state index contributed by atoms with van der Waals surface area (Å²) in [6, 6.07) is 3.40. The average molecular weight is 333 g/mol. The fraction of sp³-hybridized carbons (Fsp3) is 0.357. The van der Waals surface area contributed by atoms with Gasteiger partial charge in [0.25, 0.3) is 0 Å². The zero-order valence-electron chi connectivity index (χ0n) is 10.8. The molecule has 1 aromatic heterocycles. The van der Waals surface area contributed by atoms with E-state index in [4.69, 9.17) is 44.1 Å². The standard InChI is InChI=1S/C14H12Cl3NO2/c1-19-8-4-10(16)12(11(17)5-8)13-9(6-15)14(20-18-13)7-2-3-7/h4-5,7H,2-3,6H2,1H3. The Kier molecular flexibility index (Phi) is 3.85. The highest BCUT2D eigenvalue weighted by molar-refractivity contribution is 6.39. The predicted molar refractivity (Wildman–Crippen MR) is 80.0 cm³/mol. The molecule has 1 heterocycles. The van der Waals surface area contributed by atoms with Crippen LogP contribution in [0.15, 0.2) is 16.7 Å². The van der Waals surface area contributed by atoms with Crippen molar-refractivity contribution >= 4 is 34.8 Å². The summed E-state index contributed by atoms with van der Waals surface area (Å²) in [5.74, 6) is 2.21. The number of benzene rings is 1. The van der Waals surface area contributed by atoms with Crippen LogP contribution in [-0.2, 0) is 5.88 Å². The first-order valence-corrected chi connectivity index (χ1v) is 7.52. The van der Waals surface area contributed by atoms with E-state index in [-0.39, 0.29) is 0 Å². The summed E-state index contributed by atoms with van der Waals surface area (Å²) < 4.78 is 10.6. The van der Waals surface area contributed by atoms with Crippen molar-refractivity contribution < 1.29 is 9.26 Å². The van der Waals surface area contributed by atoms with Crippen molar-refractivity contribution in [3.63, 3.8) is 0 Å². The van der Waals surface area contributed by atoms with Gasteiger partial charge in [0.2, 0.25) is 0 Å². The minimum atomic E-state index is 0.323. The molecule has 0 radical (unpaired) electrons. The summed E-state index contributed by atoms with van der Waals surface area (Å²) in [5, 5.41) is 5.06. The zero-order valence-corrected chi connectivity index (χ0v) is 13.0. The molecule has 6 heteroatoms. The molecule has 20 heavy (non-hydrogen) atoms. The van der Waals surface area contributed by atoms with Crippen molar-refractivity contribution in [2.24, 2.45) is 0 Å². The van der Waals surface area contributed by atoms with Crippen LogP contribution in [0.3, 0.4) is 0 Å². The fourth-order valence-electron chi connectivity index (χ4n) is 2.21. The number of hydrogen-bond acceptors (Lipinski definition) is 3. The lowest BCUT2D eigenvalue weighted by atomic mass is 10.1. The second kappa shape index (κ2) is 5.47. The Morgan fingerprint density at radius 2 is 1.95 bits per heavy atom. The molecule has 0 bridgehead atoms. The third-order valence-electron chi connectivity index (χ3n) is 3.39. The van der Waals surface area contributed by atoms with Crippen LogP contribution in [0.1, 0.15) is 30.1 Å². The number of halogens is 3.